The number of carbonyl (C=O) groups is 1. The molecule has 0 bridgehead atoms. The minimum Gasteiger partial charge on any atom is -0.468 e. The Balaban J connectivity index is 4.03. The van der Waals surface area contributed by atoms with E-state index < -0.39 is 17.5 Å². The summed E-state index contributed by atoms with van der Waals surface area (Å²) in [6.07, 6.45) is -0.00201. The Labute approximate surface area is 74.6 Å². The summed E-state index contributed by atoms with van der Waals surface area (Å²) >= 11 is 0. The molecule has 7 heteroatoms. The van der Waals surface area contributed by atoms with E-state index in [9.17, 15) is 14.9 Å². The fourth-order valence-electron chi connectivity index (χ4n) is 0.611. The summed E-state index contributed by atoms with van der Waals surface area (Å²) in [6.45, 7) is -0.524. The molecule has 0 aromatic rings. The smallest absolute Gasteiger partial charge is 0.331 e. The Morgan fingerprint density at radius 3 is 2.77 bits per heavy atom. The van der Waals surface area contributed by atoms with Crippen molar-refractivity contribution >= 4 is 5.97 Å². The maximum absolute atomic E-state index is 10.6. The number of hydrazine groups is 1. The second-order valence-electron chi connectivity index (χ2n) is 2.11. The molecule has 0 aromatic carbocycles. The molecule has 0 saturated carbocycles. The van der Waals surface area contributed by atoms with Gasteiger partial charge in [0.15, 0.2) is 11.6 Å². The van der Waals surface area contributed by atoms with E-state index in [1.807, 2.05) is 0 Å². The van der Waals surface area contributed by atoms with Crippen molar-refractivity contribution in [3.05, 3.63) is 10.1 Å². The zero-order chi connectivity index (χ0) is 10.3. The van der Waals surface area contributed by atoms with E-state index in [2.05, 4.69) is 4.74 Å². The van der Waals surface area contributed by atoms with Crippen LogP contribution in [0.3, 0.4) is 0 Å². The Morgan fingerprint density at radius 1 is 1.77 bits per heavy atom. The van der Waals surface area contributed by atoms with Gasteiger partial charge >= 0.3 is 5.97 Å². The number of ether oxygens (including phenoxy) is 1. The van der Waals surface area contributed by atoms with Crippen molar-refractivity contribution in [1.82, 2.24) is 5.01 Å². The zero-order valence-corrected chi connectivity index (χ0v) is 7.10. The Kier molecular flexibility index (Phi) is 4.95. The van der Waals surface area contributed by atoms with Gasteiger partial charge in [-0.05, 0) is 0 Å². The standard InChI is InChI=1S/C6H9N3O4/c1-13-6(10)5-8(9(11)12)4-2-3-7/h2,4-5H2,1H3. The Bertz CT molecular complexity index is 235. The fourth-order valence-corrected chi connectivity index (χ4v) is 0.611. The molecular formula is C6H9N3O4. The van der Waals surface area contributed by atoms with Crippen LogP contribution in [0, 0.1) is 21.4 Å². The van der Waals surface area contributed by atoms with Crippen LogP contribution < -0.4 is 0 Å². The van der Waals surface area contributed by atoms with Crippen molar-refractivity contribution < 1.29 is 14.6 Å². The van der Waals surface area contributed by atoms with Gasteiger partial charge in [-0.2, -0.15) is 5.26 Å². The van der Waals surface area contributed by atoms with Crippen LogP contribution in [0.4, 0.5) is 0 Å². The van der Waals surface area contributed by atoms with Gasteiger partial charge in [0.25, 0.3) is 0 Å². The summed E-state index contributed by atoms with van der Waals surface area (Å²) in [7, 11) is 1.14. The van der Waals surface area contributed by atoms with Gasteiger partial charge in [0.05, 0.1) is 26.1 Å². The highest BCUT2D eigenvalue weighted by molar-refractivity contribution is 5.71. The van der Waals surface area contributed by atoms with E-state index in [0.717, 1.165) is 7.11 Å². The first kappa shape index (κ1) is 11.2. The molecule has 0 amide bonds. The topological polar surface area (TPSA) is 96.5 Å². The van der Waals surface area contributed by atoms with Gasteiger partial charge in [0.1, 0.15) is 0 Å². The average molecular weight is 187 g/mol. The summed E-state index contributed by atoms with van der Waals surface area (Å²) in [4.78, 5) is 20.9. The third kappa shape index (κ3) is 4.58. The van der Waals surface area contributed by atoms with Crippen LogP contribution in [-0.2, 0) is 9.53 Å². The van der Waals surface area contributed by atoms with Crippen LogP contribution in [0.25, 0.3) is 0 Å². The van der Waals surface area contributed by atoms with Gasteiger partial charge in [-0.3, -0.25) is 0 Å². The number of nitro groups is 1. The molecule has 0 aliphatic heterocycles. The summed E-state index contributed by atoms with van der Waals surface area (Å²) in [5.74, 6) is -0.699. The van der Waals surface area contributed by atoms with Crippen LogP contribution in [0.5, 0.6) is 0 Å². The lowest BCUT2D eigenvalue weighted by Crippen LogP contribution is -2.36. The molecule has 0 rings (SSSR count). The number of nitriles is 1. The molecule has 0 spiro atoms. The maximum Gasteiger partial charge on any atom is 0.331 e. The highest BCUT2D eigenvalue weighted by Gasteiger charge is 2.18. The molecule has 0 aliphatic carbocycles. The van der Waals surface area contributed by atoms with Gasteiger partial charge in [-0.15, -0.1) is 5.01 Å². The predicted octanol–water partition coefficient (Wildman–Crippen LogP) is -0.433. The van der Waals surface area contributed by atoms with Crippen LogP contribution in [0.15, 0.2) is 0 Å². The van der Waals surface area contributed by atoms with E-state index in [0.29, 0.717) is 5.01 Å². The number of carbonyl (C=O) groups excluding carboxylic acids is 1. The van der Waals surface area contributed by atoms with Crippen molar-refractivity contribution in [1.29, 1.82) is 5.26 Å². The molecule has 0 fully saturated rings. The number of hydrogen-bond donors (Lipinski definition) is 0. The number of hydrogen-bond acceptors (Lipinski definition) is 5. The summed E-state index contributed by atoms with van der Waals surface area (Å²) in [6, 6.07) is 1.75. The monoisotopic (exact) mass is 187 g/mol. The van der Waals surface area contributed by atoms with E-state index >= 15 is 0 Å². The SMILES string of the molecule is COC(=O)CN(CCC#N)[N+](=O)[O-]. The number of nitrogens with zero attached hydrogens (tertiary/aromatic N) is 3. The zero-order valence-electron chi connectivity index (χ0n) is 7.10. The normalized spacial score (nSPS) is 8.62. The van der Waals surface area contributed by atoms with Crippen molar-refractivity contribution in [2.75, 3.05) is 20.2 Å². The average Bonchev–Trinajstić information content (AvgIpc) is 2.11. The first-order valence-corrected chi connectivity index (χ1v) is 3.44. The van der Waals surface area contributed by atoms with Crippen LogP contribution >= 0.6 is 0 Å². The van der Waals surface area contributed by atoms with Crippen LogP contribution in [0.1, 0.15) is 6.42 Å². The summed E-state index contributed by atoms with van der Waals surface area (Å²) in [5.41, 5.74) is 0. The molecule has 0 atom stereocenters. The van der Waals surface area contributed by atoms with Gasteiger partial charge in [0.2, 0.25) is 0 Å². The maximum atomic E-state index is 10.6. The number of methoxy groups -OCH3 is 1. The van der Waals surface area contributed by atoms with Crippen molar-refractivity contribution in [2.45, 2.75) is 6.42 Å². The first-order chi connectivity index (χ1) is 6.11. The molecule has 72 valence electrons. The lowest BCUT2D eigenvalue weighted by Gasteiger charge is -2.10. The summed E-state index contributed by atoms with van der Waals surface area (Å²) in [5, 5.41) is 18.3. The lowest BCUT2D eigenvalue weighted by atomic mass is 10.4. The van der Waals surface area contributed by atoms with Gasteiger partial charge in [-0.25, -0.2) is 14.9 Å². The molecule has 13 heavy (non-hydrogen) atoms. The van der Waals surface area contributed by atoms with E-state index in [4.69, 9.17) is 5.26 Å². The van der Waals surface area contributed by atoms with Crippen molar-refractivity contribution in [3.63, 3.8) is 0 Å². The molecule has 0 heterocycles. The quantitative estimate of drug-likeness (QED) is 0.329. The Morgan fingerprint density at radius 2 is 2.38 bits per heavy atom. The molecule has 0 aliphatic rings. The third-order valence-electron chi connectivity index (χ3n) is 1.25. The molecule has 7 nitrogen and oxygen atoms in total. The predicted molar refractivity (Wildman–Crippen MR) is 40.8 cm³/mol. The van der Waals surface area contributed by atoms with Gasteiger partial charge < -0.3 is 4.74 Å². The highest BCUT2D eigenvalue weighted by Crippen LogP contribution is 1.92. The molecule has 0 N–H and O–H groups in total. The lowest BCUT2D eigenvalue weighted by molar-refractivity contribution is -0.652. The minimum atomic E-state index is -0.728. The van der Waals surface area contributed by atoms with Crippen molar-refractivity contribution in [2.24, 2.45) is 0 Å². The van der Waals surface area contributed by atoms with Crippen molar-refractivity contribution in [3.8, 4) is 6.07 Å². The largest absolute Gasteiger partial charge is 0.468 e. The Hall–Kier alpha value is -1.84. The highest BCUT2D eigenvalue weighted by atomic mass is 16.7. The van der Waals surface area contributed by atoms with Crippen LogP contribution in [-0.4, -0.2) is 36.2 Å². The molecule has 0 aromatic heterocycles. The van der Waals surface area contributed by atoms with Gasteiger partial charge in [-0.1, -0.05) is 0 Å². The van der Waals surface area contributed by atoms with E-state index in [1.165, 1.54) is 0 Å². The number of rotatable bonds is 5. The summed E-state index contributed by atoms with van der Waals surface area (Å²) < 4.78 is 4.24. The fraction of sp³-hybridized carbons (Fsp3) is 0.667. The first-order valence-electron chi connectivity index (χ1n) is 3.44. The second kappa shape index (κ2) is 5.77. The van der Waals surface area contributed by atoms with E-state index in [1.54, 1.807) is 6.07 Å². The molecule has 0 saturated heterocycles. The minimum absolute atomic E-state index is 0.00201. The van der Waals surface area contributed by atoms with Gasteiger partial charge in [0, 0.05) is 0 Å². The number of esters is 1. The molecular weight excluding hydrogens is 178 g/mol. The molecule has 0 radical (unpaired) electrons. The second-order valence-corrected chi connectivity index (χ2v) is 2.11. The third-order valence-corrected chi connectivity index (χ3v) is 1.25. The van der Waals surface area contributed by atoms with Crippen LogP contribution in [0.2, 0.25) is 0 Å². The molecule has 0 unspecified atom stereocenters. The van der Waals surface area contributed by atoms with E-state index in [-0.39, 0.29) is 13.0 Å².